The molecule has 3 rings (SSSR count). The van der Waals surface area contributed by atoms with Crippen molar-refractivity contribution in [3.63, 3.8) is 0 Å². The van der Waals surface area contributed by atoms with Crippen molar-refractivity contribution in [3.8, 4) is 5.75 Å². The van der Waals surface area contributed by atoms with Crippen LogP contribution in [0.4, 0.5) is 0 Å². The summed E-state index contributed by atoms with van der Waals surface area (Å²) in [5, 5.41) is 10.8. The molecule has 104 valence electrons. The molecule has 0 bridgehead atoms. The summed E-state index contributed by atoms with van der Waals surface area (Å²) in [6.07, 6.45) is 1.48. The predicted molar refractivity (Wildman–Crippen MR) is 83.1 cm³/mol. The fourth-order valence-electron chi connectivity index (χ4n) is 2.75. The van der Waals surface area contributed by atoms with Crippen LogP contribution in [-0.2, 0) is 18.4 Å². The van der Waals surface area contributed by atoms with E-state index in [2.05, 4.69) is 22.0 Å². The zero-order chi connectivity index (χ0) is 14.2. The summed E-state index contributed by atoms with van der Waals surface area (Å²) in [5.41, 5.74) is 2.30. The monoisotopic (exact) mass is 332 g/mol. The van der Waals surface area contributed by atoms with Crippen LogP contribution in [0, 0.1) is 0 Å². The Morgan fingerprint density at radius 1 is 1.25 bits per heavy atom. The number of aliphatic hydroxyl groups is 1. The molecule has 1 unspecified atom stereocenters. The Morgan fingerprint density at radius 3 is 2.75 bits per heavy atom. The van der Waals surface area contributed by atoms with Crippen LogP contribution in [0.5, 0.6) is 5.75 Å². The quantitative estimate of drug-likeness (QED) is 0.925. The zero-order valence-electron chi connectivity index (χ0n) is 11.4. The number of hydrogen-bond donors (Lipinski definition) is 1. The standard InChI is InChI=1S/C17H17BrO2/c1-17(19,14-5-3-2-4-6-14)11-13-10-15(18)9-12-7-8-20-16(12)13/h2-6,9-10,19H,7-8,11H2,1H3. The number of hydrogen-bond acceptors (Lipinski definition) is 2. The smallest absolute Gasteiger partial charge is 0.126 e. The van der Waals surface area contributed by atoms with Crippen molar-refractivity contribution >= 4 is 15.9 Å². The fourth-order valence-corrected chi connectivity index (χ4v) is 3.30. The van der Waals surface area contributed by atoms with E-state index < -0.39 is 5.60 Å². The molecule has 0 aromatic heterocycles. The molecule has 1 heterocycles. The molecule has 20 heavy (non-hydrogen) atoms. The van der Waals surface area contributed by atoms with Gasteiger partial charge in [0.25, 0.3) is 0 Å². The number of ether oxygens (including phenoxy) is 1. The molecule has 0 amide bonds. The first-order chi connectivity index (χ1) is 9.56. The van der Waals surface area contributed by atoms with E-state index in [4.69, 9.17) is 4.74 Å². The summed E-state index contributed by atoms with van der Waals surface area (Å²) in [6, 6.07) is 13.9. The van der Waals surface area contributed by atoms with E-state index in [0.717, 1.165) is 34.4 Å². The second-order valence-electron chi connectivity index (χ2n) is 5.47. The van der Waals surface area contributed by atoms with Gasteiger partial charge < -0.3 is 9.84 Å². The van der Waals surface area contributed by atoms with Crippen LogP contribution in [0.2, 0.25) is 0 Å². The van der Waals surface area contributed by atoms with Gasteiger partial charge in [-0.2, -0.15) is 0 Å². The van der Waals surface area contributed by atoms with Crippen LogP contribution in [0.25, 0.3) is 0 Å². The summed E-state index contributed by atoms with van der Waals surface area (Å²) < 4.78 is 6.78. The van der Waals surface area contributed by atoms with Crippen LogP contribution in [0.15, 0.2) is 46.9 Å². The SMILES string of the molecule is CC(O)(Cc1cc(Br)cc2c1OCC2)c1ccccc1. The van der Waals surface area contributed by atoms with Gasteiger partial charge >= 0.3 is 0 Å². The molecule has 0 spiro atoms. The average Bonchev–Trinajstić information content (AvgIpc) is 2.87. The molecule has 2 aromatic rings. The molecule has 0 aliphatic carbocycles. The fraction of sp³-hybridized carbons (Fsp3) is 0.294. The van der Waals surface area contributed by atoms with Crippen LogP contribution in [0.1, 0.15) is 23.6 Å². The predicted octanol–water partition coefficient (Wildman–Crippen LogP) is 3.83. The Hall–Kier alpha value is -1.32. The molecule has 0 saturated heterocycles. The van der Waals surface area contributed by atoms with Gasteiger partial charge in [0.15, 0.2) is 0 Å². The molecule has 1 aliphatic heterocycles. The molecule has 1 N–H and O–H groups in total. The largest absolute Gasteiger partial charge is 0.493 e. The Bertz CT molecular complexity index is 620. The first-order valence-electron chi connectivity index (χ1n) is 6.78. The van der Waals surface area contributed by atoms with E-state index in [1.165, 1.54) is 5.56 Å². The number of benzene rings is 2. The van der Waals surface area contributed by atoms with Gasteiger partial charge in [-0.05, 0) is 35.7 Å². The molecule has 2 nitrogen and oxygen atoms in total. The van der Waals surface area contributed by atoms with E-state index in [1.54, 1.807) is 0 Å². The first-order valence-corrected chi connectivity index (χ1v) is 7.57. The van der Waals surface area contributed by atoms with Gasteiger partial charge in [0.1, 0.15) is 5.75 Å². The molecular weight excluding hydrogens is 316 g/mol. The van der Waals surface area contributed by atoms with E-state index in [0.29, 0.717) is 6.42 Å². The molecule has 1 aliphatic rings. The highest BCUT2D eigenvalue weighted by Gasteiger charge is 2.27. The van der Waals surface area contributed by atoms with Crippen molar-refractivity contribution in [2.24, 2.45) is 0 Å². The molecule has 0 radical (unpaired) electrons. The van der Waals surface area contributed by atoms with Crippen molar-refractivity contribution in [2.45, 2.75) is 25.4 Å². The van der Waals surface area contributed by atoms with Gasteiger partial charge in [0.2, 0.25) is 0 Å². The molecule has 2 aromatic carbocycles. The Labute approximate surface area is 127 Å². The number of halogens is 1. The maximum absolute atomic E-state index is 10.8. The van der Waals surface area contributed by atoms with Gasteiger partial charge in [-0.3, -0.25) is 0 Å². The summed E-state index contributed by atoms with van der Waals surface area (Å²) in [6.45, 7) is 2.58. The van der Waals surface area contributed by atoms with Crippen molar-refractivity contribution in [1.82, 2.24) is 0 Å². The Balaban J connectivity index is 1.96. The molecule has 1 atom stereocenters. The summed E-state index contributed by atoms with van der Waals surface area (Å²) >= 11 is 3.54. The maximum Gasteiger partial charge on any atom is 0.126 e. The minimum Gasteiger partial charge on any atom is -0.493 e. The van der Waals surface area contributed by atoms with Gasteiger partial charge in [0, 0.05) is 17.3 Å². The molecule has 0 fully saturated rings. The molecular formula is C17H17BrO2. The highest BCUT2D eigenvalue weighted by molar-refractivity contribution is 9.10. The lowest BCUT2D eigenvalue weighted by Gasteiger charge is -2.25. The summed E-state index contributed by atoms with van der Waals surface area (Å²) in [4.78, 5) is 0. The lowest BCUT2D eigenvalue weighted by molar-refractivity contribution is 0.0569. The van der Waals surface area contributed by atoms with Crippen molar-refractivity contribution in [2.75, 3.05) is 6.61 Å². The lowest BCUT2D eigenvalue weighted by atomic mass is 9.88. The second kappa shape index (κ2) is 5.23. The number of fused-ring (bicyclic) bond motifs is 1. The lowest BCUT2D eigenvalue weighted by Crippen LogP contribution is -2.24. The highest BCUT2D eigenvalue weighted by atomic mass is 79.9. The molecule has 3 heteroatoms. The maximum atomic E-state index is 10.8. The Morgan fingerprint density at radius 2 is 2.00 bits per heavy atom. The first kappa shape index (κ1) is 13.7. The topological polar surface area (TPSA) is 29.5 Å². The minimum atomic E-state index is -0.901. The van der Waals surface area contributed by atoms with Crippen molar-refractivity contribution in [1.29, 1.82) is 0 Å². The molecule has 0 saturated carbocycles. The summed E-state index contributed by atoms with van der Waals surface area (Å²) in [7, 11) is 0. The van der Waals surface area contributed by atoms with Gasteiger partial charge in [-0.25, -0.2) is 0 Å². The van der Waals surface area contributed by atoms with E-state index in [1.807, 2.05) is 43.3 Å². The van der Waals surface area contributed by atoms with Crippen molar-refractivity contribution in [3.05, 3.63) is 63.6 Å². The third-order valence-electron chi connectivity index (χ3n) is 3.76. The van der Waals surface area contributed by atoms with Gasteiger partial charge in [0.05, 0.1) is 12.2 Å². The van der Waals surface area contributed by atoms with Crippen LogP contribution >= 0.6 is 15.9 Å². The van der Waals surface area contributed by atoms with E-state index in [9.17, 15) is 5.11 Å². The highest BCUT2D eigenvalue weighted by Crippen LogP contribution is 2.37. The normalized spacial score (nSPS) is 16.4. The van der Waals surface area contributed by atoms with Crippen molar-refractivity contribution < 1.29 is 9.84 Å². The number of rotatable bonds is 3. The zero-order valence-corrected chi connectivity index (χ0v) is 13.0. The third-order valence-corrected chi connectivity index (χ3v) is 4.21. The van der Waals surface area contributed by atoms with Gasteiger partial charge in [-0.15, -0.1) is 0 Å². The van der Waals surface area contributed by atoms with E-state index >= 15 is 0 Å². The second-order valence-corrected chi connectivity index (χ2v) is 6.38. The van der Waals surface area contributed by atoms with Crippen LogP contribution in [-0.4, -0.2) is 11.7 Å². The van der Waals surface area contributed by atoms with Gasteiger partial charge in [-0.1, -0.05) is 46.3 Å². The van der Waals surface area contributed by atoms with Crippen LogP contribution in [0.3, 0.4) is 0 Å². The third kappa shape index (κ3) is 2.60. The average molecular weight is 333 g/mol. The van der Waals surface area contributed by atoms with Crippen LogP contribution < -0.4 is 4.74 Å². The Kier molecular flexibility index (Phi) is 3.57. The summed E-state index contributed by atoms with van der Waals surface area (Å²) in [5.74, 6) is 0.949. The minimum absolute atomic E-state index is 0.540. The van der Waals surface area contributed by atoms with E-state index in [-0.39, 0.29) is 0 Å².